The summed E-state index contributed by atoms with van der Waals surface area (Å²) in [5, 5.41) is 12.4. The highest BCUT2D eigenvalue weighted by molar-refractivity contribution is 5.90. The Balaban J connectivity index is 1.97. The van der Waals surface area contributed by atoms with E-state index >= 15 is 0 Å². The molecule has 5 N–H and O–H groups in total. The quantitative estimate of drug-likeness (QED) is 0.505. The van der Waals surface area contributed by atoms with Crippen LogP contribution in [0, 0.1) is 23.0 Å². The molecule has 1 fully saturated rings. The lowest BCUT2D eigenvalue weighted by atomic mass is 10.0. The normalized spacial score (nSPS) is 21.5. The maximum absolute atomic E-state index is 13.4. The van der Waals surface area contributed by atoms with Crippen molar-refractivity contribution in [3.8, 4) is 0 Å². The van der Waals surface area contributed by atoms with Gasteiger partial charge in [0.05, 0.1) is 11.5 Å². The summed E-state index contributed by atoms with van der Waals surface area (Å²) >= 11 is 0. The Morgan fingerprint density at radius 2 is 2.10 bits per heavy atom. The lowest BCUT2D eigenvalue weighted by Crippen LogP contribution is -2.44. The third kappa shape index (κ3) is 3.23. The van der Waals surface area contributed by atoms with E-state index in [0.29, 0.717) is 6.07 Å². The van der Waals surface area contributed by atoms with Crippen LogP contribution in [0.3, 0.4) is 0 Å². The van der Waals surface area contributed by atoms with E-state index in [2.05, 4.69) is 10.6 Å². The summed E-state index contributed by atoms with van der Waals surface area (Å²) < 4.78 is 26.1. The van der Waals surface area contributed by atoms with Crippen molar-refractivity contribution in [2.75, 3.05) is 5.32 Å². The van der Waals surface area contributed by atoms with E-state index in [1.165, 1.54) is 0 Å². The molecule has 1 aliphatic rings. The Morgan fingerprint density at radius 3 is 2.75 bits per heavy atom. The molecule has 0 bridgehead atoms. The van der Waals surface area contributed by atoms with Gasteiger partial charge in [-0.2, -0.15) is 0 Å². The minimum atomic E-state index is -0.838. The number of anilines is 1. The molecule has 108 valence electrons. The average molecular weight is 282 g/mol. The van der Waals surface area contributed by atoms with E-state index in [4.69, 9.17) is 11.1 Å². The Labute approximate surface area is 115 Å². The van der Waals surface area contributed by atoms with Crippen LogP contribution in [0.25, 0.3) is 0 Å². The van der Waals surface area contributed by atoms with Crippen LogP contribution in [-0.4, -0.2) is 17.9 Å². The first-order chi connectivity index (χ1) is 9.47. The highest BCUT2D eigenvalue weighted by Gasteiger charge is 2.30. The fourth-order valence-corrected chi connectivity index (χ4v) is 2.42. The van der Waals surface area contributed by atoms with Gasteiger partial charge in [0.1, 0.15) is 11.6 Å². The second-order valence-corrected chi connectivity index (χ2v) is 4.82. The molecule has 1 aliphatic carbocycles. The number of amides is 2. The largest absolute Gasteiger partial charge is 0.387 e. The summed E-state index contributed by atoms with van der Waals surface area (Å²) in [5.74, 6) is -1.69. The number of carbonyl (C=O) groups excluding carboxylic acids is 1. The standard InChI is InChI=1S/C13H16F2N4O/c14-7-4-5-11(9(15)6-7)19-13(20)18-10-3-1-2-8(10)12(16)17/h4-6,8,10H,1-3H2,(H3,16,17)(H2,18,19,20). The van der Waals surface area contributed by atoms with Crippen LogP contribution in [0.1, 0.15) is 19.3 Å². The van der Waals surface area contributed by atoms with Gasteiger partial charge < -0.3 is 16.4 Å². The van der Waals surface area contributed by atoms with Gasteiger partial charge in [-0.05, 0) is 25.0 Å². The van der Waals surface area contributed by atoms with Gasteiger partial charge in [-0.15, -0.1) is 0 Å². The molecule has 0 aromatic heterocycles. The van der Waals surface area contributed by atoms with Gasteiger partial charge in [0.15, 0.2) is 0 Å². The highest BCUT2D eigenvalue weighted by Crippen LogP contribution is 2.25. The van der Waals surface area contributed by atoms with Crippen molar-refractivity contribution in [3.63, 3.8) is 0 Å². The maximum atomic E-state index is 13.4. The minimum Gasteiger partial charge on any atom is -0.387 e. The summed E-state index contributed by atoms with van der Waals surface area (Å²) in [6.45, 7) is 0. The second-order valence-electron chi connectivity index (χ2n) is 4.82. The SMILES string of the molecule is N=C(N)C1CCCC1NC(=O)Nc1ccc(F)cc1F. The summed E-state index contributed by atoms with van der Waals surface area (Å²) in [5.41, 5.74) is 5.37. The van der Waals surface area contributed by atoms with Crippen LogP contribution in [0.4, 0.5) is 19.3 Å². The Hall–Kier alpha value is -2.18. The summed E-state index contributed by atoms with van der Waals surface area (Å²) in [7, 11) is 0. The van der Waals surface area contributed by atoms with Crippen molar-refractivity contribution in [2.45, 2.75) is 25.3 Å². The molecular formula is C13H16F2N4O. The average Bonchev–Trinajstić information content (AvgIpc) is 2.81. The molecular weight excluding hydrogens is 266 g/mol. The number of hydrogen-bond donors (Lipinski definition) is 4. The van der Waals surface area contributed by atoms with Gasteiger partial charge in [0, 0.05) is 18.0 Å². The Bertz CT molecular complexity index is 535. The van der Waals surface area contributed by atoms with E-state index < -0.39 is 17.7 Å². The Kier molecular flexibility index (Phi) is 4.16. The molecule has 5 nitrogen and oxygen atoms in total. The highest BCUT2D eigenvalue weighted by atomic mass is 19.1. The van der Waals surface area contributed by atoms with E-state index in [-0.39, 0.29) is 23.5 Å². The molecule has 0 heterocycles. The van der Waals surface area contributed by atoms with Gasteiger partial charge in [-0.3, -0.25) is 5.41 Å². The predicted molar refractivity (Wildman–Crippen MR) is 71.6 cm³/mol. The molecule has 0 aliphatic heterocycles. The van der Waals surface area contributed by atoms with E-state index in [1.807, 2.05) is 0 Å². The number of benzene rings is 1. The van der Waals surface area contributed by atoms with Gasteiger partial charge in [-0.25, -0.2) is 13.6 Å². The molecule has 2 unspecified atom stereocenters. The number of halogens is 2. The number of nitrogens with one attached hydrogen (secondary N) is 3. The molecule has 0 spiro atoms. The predicted octanol–water partition coefficient (Wildman–Crippen LogP) is 2.19. The molecule has 20 heavy (non-hydrogen) atoms. The smallest absolute Gasteiger partial charge is 0.319 e. The lowest BCUT2D eigenvalue weighted by Gasteiger charge is -2.20. The summed E-state index contributed by atoms with van der Waals surface area (Å²) in [6, 6.07) is 2.10. The topological polar surface area (TPSA) is 91.0 Å². The van der Waals surface area contributed by atoms with Crippen molar-refractivity contribution in [1.82, 2.24) is 5.32 Å². The zero-order valence-electron chi connectivity index (χ0n) is 10.7. The van der Waals surface area contributed by atoms with Crippen LogP contribution in [0.2, 0.25) is 0 Å². The minimum absolute atomic E-state index is 0.0424. The van der Waals surface area contributed by atoms with Gasteiger partial charge >= 0.3 is 6.03 Å². The molecule has 1 aromatic carbocycles. The summed E-state index contributed by atoms with van der Waals surface area (Å²) in [4.78, 5) is 11.8. The van der Waals surface area contributed by atoms with Crippen LogP contribution in [0.15, 0.2) is 18.2 Å². The molecule has 0 radical (unpaired) electrons. The molecule has 1 saturated carbocycles. The number of nitrogens with two attached hydrogens (primary N) is 1. The third-order valence-electron chi connectivity index (χ3n) is 3.41. The first kappa shape index (κ1) is 14.2. The number of carbonyl (C=O) groups is 1. The molecule has 2 atom stereocenters. The third-order valence-corrected chi connectivity index (χ3v) is 3.41. The van der Waals surface area contributed by atoms with Gasteiger partial charge in [-0.1, -0.05) is 6.42 Å². The van der Waals surface area contributed by atoms with Crippen molar-refractivity contribution in [2.24, 2.45) is 11.7 Å². The lowest BCUT2D eigenvalue weighted by molar-refractivity contribution is 0.247. The van der Waals surface area contributed by atoms with Crippen LogP contribution < -0.4 is 16.4 Å². The first-order valence-corrected chi connectivity index (χ1v) is 6.34. The van der Waals surface area contributed by atoms with Crippen LogP contribution in [0.5, 0.6) is 0 Å². The Morgan fingerprint density at radius 1 is 1.35 bits per heavy atom. The number of urea groups is 1. The van der Waals surface area contributed by atoms with Crippen molar-refractivity contribution in [3.05, 3.63) is 29.8 Å². The fraction of sp³-hybridized carbons (Fsp3) is 0.385. The molecule has 1 aromatic rings. The second kappa shape index (κ2) is 5.85. The zero-order valence-corrected chi connectivity index (χ0v) is 10.7. The first-order valence-electron chi connectivity index (χ1n) is 6.34. The molecule has 2 rings (SSSR count). The zero-order chi connectivity index (χ0) is 14.7. The van der Waals surface area contributed by atoms with Gasteiger partial charge in [0.2, 0.25) is 0 Å². The number of hydrogen-bond acceptors (Lipinski definition) is 2. The summed E-state index contributed by atoms with van der Waals surface area (Å²) in [6.07, 6.45) is 2.36. The van der Waals surface area contributed by atoms with Crippen LogP contribution in [-0.2, 0) is 0 Å². The van der Waals surface area contributed by atoms with E-state index in [9.17, 15) is 13.6 Å². The molecule has 0 saturated heterocycles. The van der Waals surface area contributed by atoms with Crippen molar-refractivity contribution < 1.29 is 13.6 Å². The maximum Gasteiger partial charge on any atom is 0.319 e. The number of amidine groups is 1. The number of rotatable bonds is 3. The van der Waals surface area contributed by atoms with E-state index in [1.54, 1.807) is 0 Å². The van der Waals surface area contributed by atoms with Gasteiger partial charge in [0.25, 0.3) is 0 Å². The molecule has 7 heteroatoms. The molecule has 2 amide bonds. The van der Waals surface area contributed by atoms with E-state index in [0.717, 1.165) is 31.4 Å². The van der Waals surface area contributed by atoms with Crippen molar-refractivity contribution >= 4 is 17.6 Å². The van der Waals surface area contributed by atoms with Crippen LogP contribution >= 0.6 is 0 Å². The monoisotopic (exact) mass is 282 g/mol. The fourth-order valence-electron chi connectivity index (χ4n) is 2.42. The van der Waals surface area contributed by atoms with Crippen molar-refractivity contribution in [1.29, 1.82) is 5.41 Å².